The molecule has 0 saturated heterocycles. The molecule has 0 aliphatic rings. The molecular weight excluding hydrogens is 280 g/mol. The molecule has 0 amide bonds. The van der Waals surface area contributed by atoms with E-state index in [0.29, 0.717) is 4.90 Å². The van der Waals surface area contributed by atoms with Gasteiger partial charge in [-0.1, -0.05) is 0 Å². The summed E-state index contributed by atoms with van der Waals surface area (Å²) in [6.45, 7) is 0.917. The lowest BCUT2D eigenvalue weighted by molar-refractivity contribution is 0.521. The van der Waals surface area contributed by atoms with E-state index in [9.17, 15) is 8.42 Å². The van der Waals surface area contributed by atoms with Crippen molar-refractivity contribution in [1.29, 1.82) is 0 Å². The average molecular weight is 302 g/mol. The van der Waals surface area contributed by atoms with E-state index in [1.165, 1.54) is 30.6 Å². The van der Waals surface area contributed by atoms with E-state index < -0.39 is 10.0 Å². The van der Waals surface area contributed by atoms with Crippen molar-refractivity contribution >= 4 is 27.5 Å². The van der Waals surface area contributed by atoms with Gasteiger partial charge in [0.25, 0.3) is 0 Å². The van der Waals surface area contributed by atoms with Gasteiger partial charge >= 0.3 is 0 Å². The third-order valence-corrected chi connectivity index (χ3v) is 5.26. The largest absolute Gasteiger partial charge is 0.385 e. The molecule has 1 aromatic rings. The van der Waals surface area contributed by atoms with Crippen molar-refractivity contribution in [2.24, 2.45) is 0 Å². The number of sulfonamides is 1. The Morgan fingerprint density at radius 3 is 2.32 bits per heavy atom. The number of nitrogens with zero attached hydrogens (tertiary/aromatic N) is 1. The minimum Gasteiger partial charge on any atom is -0.385 e. The second-order valence-corrected chi connectivity index (χ2v) is 7.58. The van der Waals surface area contributed by atoms with Gasteiger partial charge < -0.3 is 5.32 Å². The number of thioether (sulfide) groups is 1. The standard InChI is InChI=1S/C13H22N2O2S2/c1-15(2)19(16,17)13-8-6-12(7-9-13)14-10-4-5-11-18-3/h6-9,14H,4-5,10-11H2,1-3H3. The van der Waals surface area contributed by atoms with Crippen LogP contribution in [0.2, 0.25) is 0 Å². The fourth-order valence-corrected chi connectivity index (χ4v) is 2.95. The van der Waals surface area contributed by atoms with Crippen LogP contribution in [0.1, 0.15) is 12.8 Å². The molecule has 0 aromatic heterocycles. The van der Waals surface area contributed by atoms with Crippen LogP contribution in [0, 0.1) is 0 Å². The highest BCUT2D eigenvalue weighted by Gasteiger charge is 2.16. The van der Waals surface area contributed by atoms with E-state index in [2.05, 4.69) is 11.6 Å². The first-order chi connectivity index (χ1) is 8.98. The van der Waals surface area contributed by atoms with Gasteiger partial charge in [0.1, 0.15) is 0 Å². The number of hydrogen-bond acceptors (Lipinski definition) is 4. The maximum atomic E-state index is 11.9. The molecule has 0 saturated carbocycles. The molecule has 0 fully saturated rings. The first-order valence-corrected chi connectivity index (χ1v) is 9.07. The third-order valence-electron chi connectivity index (χ3n) is 2.74. The quantitative estimate of drug-likeness (QED) is 0.750. The van der Waals surface area contributed by atoms with Gasteiger partial charge in [0.15, 0.2) is 0 Å². The highest BCUT2D eigenvalue weighted by Crippen LogP contribution is 2.16. The maximum absolute atomic E-state index is 11.9. The summed E-state index contributed by atoms with van der Waals surface area (Å²) in [6.07, 6.45) is 4.43. The minimum absolute atomic E-state index is 0.324. The molecule has 1 aromatic carbocycles. The Morgan fingerprint density at radius 2 is 1.79 bits per heavy atom. The molecule has 0 spiro atoms. The van der Waals surface area contributed by atoms with E-state index in [-0.39, 0.29) is 0 Å². The molecule has 0 atom stereocenters. The van der Waals surface area contributed by atoms with Gasteiger partial charge in [0.2, 0.25) is 10.0 Å². The average Bonchev–Trinajstić information content (AvgIpc) is 2.39. The second kappa shape index (κ2) is 7.77. The van der Waals surface area contributed by atoms with Crippen LogP contribution in [0.25, 0.3) is 0 Å². The van der Waals surface area contributed by atoms with Gasteiger partial charge in [0.05, 0.1) is 4.90 Å². The number of anilines is 1. The van der Waals surface area contributed by atoms with Crippen molar-refractivity contribution in [3.63, 3.8) is 0 Å². The fraction of sp³-hybridized carbons (Fsp3) is 0.538. The molecule has 0 unspecified atom stereocenters. The van der Waals surface area contributed by atoms with Crippen LogP contribution in [0.15, 0.2) is 29.2 Å². The summed E-state index contributed by atoms with van der Waals surface area (Å²) in [5.41, 5.74) is 0.960. The molecule has 0 aliphatic carbocycles. The van der Waals surface area contributed by atoms with Gasteiger partial charge in [-0.2, -0.15) is 11.8 Å². The Bertz CT molecular complexity index is 470. The molecule has 4 nitrogen and oxygen atoms in total. The number of hydrogen-bond donors (Lipinski definition) is 1. The van der Waals surface area contributed by atoms with Crippen LogP contribution in [-0.4, -0.2) is 45.4 Å². The molecule has 19 heavy (non-hydrogen) atoms. The normalized spacial score (nSPS) is 11.8. The molecule has 1 N–H and O–H groups in total. The van der Waals surface area contributed by atoms with E-state index >= 15 is 0 Å². The Kier molecular flexibility index (Phi) is 6.68. The maximum Gasteiger partial charge on any atom is 0.242 e. The summed E-state index contributed by atoms with van der Waals surface area (Å²) in [4.78, 5) is 0.324. The van der Waals surface area contributed by atoms with E-state index in [1.54, 1.807) is 12.1 Å². The fourth-order valence-electron chi connectivity index (χ4n) is 1.56. The zero-order valence-corrected chi connectivity index (χ0v) is 13.4. The SMILES string of the molecule is CSCCCCNc1ccc(S(=O)(=O)N(C)C)cc1. The summed E-state index contributed by atoms with van der Waals surface area (Å²) in [6, 6.07) is 6.90. The van der Waals surface area contributed by atoms with Crippen molar-refractivity contribution in [1.82, 2.24) is 4.31 Å². The molecule has 1 rings (SSSR count). The van der Waals surface area contributed by atoms with Gasteiger partial charge in [-0.3, -0.25) is 0 Å². The van der Waals surface area contributed by atoms with Crippen LogP contribution < -0.4 is 5.32 Å². The van der Waals surface area contributed by atoms with Crippen molar-refractivity contribution in [2.45, 2.75) is 17.7 Å². The summed E-state index contributed by atoms with van der Waals surface area (Å²) in [7, 11) is -0.253. The van der Waals surface area contributed by atoms with Gasteiger partial charge in [-0.05, 0) is 49.1 Å². The van der Waals surface area contributed by atoms with Crippen molar-refractivity contribution in [3.05, 3.63) is 24.3 Å². The molecular formula is C13H22N2O2S2. The predicted octanol–water partition coefficient (Wildman–Crippen LogP) is 2.49. The van der Waals surface area contributed by atoms with Gasteiger partial charge in [-0.25, -0.2) is 12.7 Å². The summed E-state index contributed by atoms with van der Waals surface area (Å²) in [5.74, 6) is 1.18. The topological polar surface area (TPSA) is 49.4 Å². The Morgan fingerprint density at radius 1 is 1.16 bits per heavy atom. The van der Waals surface area contributed by atoms with Gasteiger partial charge in [0, 0.05) is 26.3 Å². The molecule has 0 bridgehead atoms. The first-order valence-electron chi connectivity index (χ1n) is 6.24. The summed E-state index contributed by atoms with van der Waals surface area (Å²) in [5, 5.41) is 3.29. The highest BCUT2D eigenvalue weighted by molar-refractivity contribution is 7.98. The van der Waals surface area contributed by atoms with Crippen molar-refractivity contribution in [2.75, 3.05) is 38.0 Å². The zero-order chi connectivity index (χ0) is 14.3. The number of rotatable bonds is 8. The molecule has 0 heterocycles. The van der Waals surface area contributed by atoms with Crippen molar-refractivity contribution in [3.8, 4) is 0 Å². The van der Waals surface area contributed by atoms with Crippen LogP contribution in [0.4, 0.5) is 5.69 Å². The van der Waals surface area contributed by atoms with Crippen LogP contribution in [0.3, 0.4) is 0 Å². The Labute approximate surface area is 120 Å². The Balaban J connectivity index is 2.53. The molecule has 0 radical (unpaired) electrons. The third kappa shape index (κ3) is 5.04. The smallest absolute Gasteiger partial charge is 0.242 e. The lowest BCUT2D eigenvalue weighted by Gasteiger charge is -2.12. The van der Waals surface area contributed by atoms with Gasteiger partial charge in [-0.15, -0.1) is 0 Å². The molecule has 0 aliphatic heterocycles. The number of nitrogens with one attached hydrogen (secondary N) is 1. The van der Waals surface area contributed by atoms with E-state index in [0.717, 1.165) is 18.7 Å². The van der Waals surface area contributed by atoms with Crippen LogP contribution >= 0.6 is 11.8 Å². The Hall–Kier alpha value is -0.720. The number of benzene rings is 1. The highest BCUT2D eigenvalue weighted by atomic mass is 32.2. The van der Waals surface area contributed by atoms with E-state index in [1.807, 2.05) is 23.9 Å². The van der Waals surface area contributed by atoms with Crippen molar-refractivity contribution < 1.29 is 8.42 Å². The van der Waals surface area contributed by atoms with Crippen LogP contribution in [0.5, 0.6) is 0 Å². The summed E-state index contributed by atoms with van der Waals surface area (Å²) < 4.78 is 25.0. The first kappa shape index (κ1) is 16.3. The monoisotopic (exact) mass is 302 g/mol. The second-order valence-electron chi connectivity index (χ2n) is 4.44. The van der Waals surface area contributed by atoms with Crippen LogP contribution in [-0.2, 0) is 10.0 Å². The molecule has 6 heteroatoms. The lowest BCUT2D eigenvalue weighted by Crippen LogP contribution is -2.22. The lowest BCUT2D eigenvalue weighted by atomic mass is 10.3. The minimum atomic E-state index is -3.32. The predicted molar refractivity (Wildman–Crippen MR) is 83.4 cm³/mol. The summed E-state index contributed by atoms with van der Waals surface area (Å²) >= 11 is 1.86. The number of unbranched alkanes of at least 4 members (excludes halogenated alkanes) is 1. The zero-order valence-electron chi connectivity index (χ0n) is 11.7. The van der Waals surface area contributed by atoms with E-state index in [4.69, 9.17) is 0 Å². The molecule has 108 valence electrons.